The average Bonchev–Trinajstić information content (AvgIpc) is 2.63. The van der Waals surface area contributed by atoms with Gasteiger partial charge in [-0.3, -0.25) is 9.79 Å². The molecule has 2 N–H and O–H groups in total. The van der Waals surface area contributed by atoms with Crippen LogP contribution in [0.1, 0.15) is 45.6 Å². The zero-order chi connectivity index (χ0) is 20.2. The fourth-order valence-corrected chi connectivity index (χ4v) is 2.54. The van der Waals surface area contributed by atoms with Gasteiger partial charge in [0.25, 0.3) is 5.91 Å². The standard InChI is InChI=1S/C21H36N4O2.HI/c1-16(2)9-7-10-17(3)24-21(22-4)23-14-18-11-8-12-19(13-18)27-15-20(26)25(5)6;/h8,11-13,16-17H,7,9-10,14-15H2,1-6H3,(H2,22,23,24);1H. The van der Waals surface area contributed by atoms with E-state index >= 15 is 0 Å². The van der Waals surface area contributed by atoms with Crippen molar-refractivity contribution in [2.45, 2.75) is 52.6 Å². The van der Waals surface area contributed by atoms with Gasteiger partial charge in [0.05, 0.1) is 0 Å². The van der Waals surface area contributed by atoms with E-state index < -0.39 is 0 Å². The molecule has 0 saturated heterocycles. The van der Waals surface area contributed by atoms with Gasteiger partial charge in [0.2, 0.25) is 0 Å². The number of likely N-dealkylation sites (N-methyl/N-ethyl adjacent to an activating group) is 1. The van der Waals surface area contributed by atoms with Crippen molar-refractivity contribution >= 4 is 35.8 Å². The van der Waals surface area contributed by atoms with Crippen molar-refractivity contribution in [2.75, 3.05) is 27.7 Å². The monoisotopic (exact) mass is 504 g/mol. The average molecular weight is 504 g/mol. The fourth-order valence-electron chi connectivity index (χ4n) is 2.54. The highest BCUT2D eigenvalue weighted by Gasteiger charge is 2.07. The van der Waals surface area contributed by atoms with Gasteiger partial charge in [0.1, 0.15) is 5.75 Å². The van der Waals surface area contributed by atoms with E-state index in [1.165, 1.54) is 17.7 Å². The van der Waals surface area contributed by atoms with Crippen LogP contribution in [-0.2, 0) is 11.3 Å². The Labute approximate surface area is 187 Å². The van der Waals surface area contributed by atoms with Crippen molar-refractivity contribution in [1.82, 2.24) is 15.5 Å². The van der Waals surface area contributed by atoms with E-state index in [0.717, 1.165) is 23.9 Å². The molecule has 0 aromatic heterocycles. The maximum Gasteiger partial charge on any atom is 0.259 e. The maximum absolute atomic E-state index is 11.6. The summed E-state index contributed by atoms with van der Waals surface area (Å²) in [6.45, 7) is 7.38. The first-order valence-electron chi connectivity index (χ1n) is 9.71. The summed E-state index contributed by atoms with van der Waals surface area (Å²) < 4.78 is 5.57. The highest BCUT2D eigenvalue weighted by molar-refractivity contribution is 14.0. The van der Waals surface area contributed by atoms with Crippen molar-refractivity contribution in [1.29, 1.82) is 0 Å². The molecule has 7 heteroatoms. The molecule has 1 unspecified atom stereocenters. The van der Waals surface area contributed by atoms with Crippen LogP contribution in [0.4, 0.5) is 0 Å². The molecule has 0 heterocycles. The molecule has 1 rings (SSSR count). The number of nitrogens with zero attached hydrogens (tertiary/aromatic N) is 2. The second kappa shape index (κ2) is 14.5. The first-order chi connectivity index (χ1) is 12.8. The first kappa shape index (κ1) is 26.5. The molecule has 0 aliphatic carbocycles. The minimum absolute atomic E-state index is 0. The lowest BCUT2D eigenvalue weighted by Crippen LogP contribution is -2.41. The highest BCUT2D eigenvalue weighted by Crippen LogP contribution is 2.13. The zero-order valence-electron chi connectivity index (χ0n) is 18.1. The molecule has 0 aliphatic heterocycles. The number of halogens is 1. The van der Waals surface area contributed by atoms with Crippen LogP contribution >= 0.6 is 24.0 Å². The lowest BCUT2D eigenvalue weighted by Gasteiger charge is -2.18. The SMILES string of the molecule is CN=C(NCc1cccc(OCC(=O)N(C)C)c1)NC(C)CCCC(C)C.I. The number of amides is 1. The van der Waals surface area contributed by atoms with Crippen molar-refractivity contribution in [3.8, 4) is 5.75 Å². The van der Waals surface area contributed by atoms with Crippen LogP contribution in [0.3, 0.4) is 0 Å². The Hall–Kier alpha value is -1.51. The van der Waals surface area contributed by atoms with E-state index in [0.29, 0.717) is 18.3 Å². The molecule has 1 aromatic carbocycles. The first-order valence-corrected chi connectivity index (χ1v) is 9.71. The number of nitrogens with one attached hydrogen (secondary N) is 2. The Morgan fingerprint density at radius 1 is 1.21 bits per heavy atom. The van der Waals surface area contributed by atoms with Gasteiger partial charge in [-0.1, -0.05) is 38.8 Å². The molecular formula is C21H37IN4O2. The quantitative estimate of drug-likeness (QED) is 0.290. The summed E-state index contributed by atoms with van der Waals surface area (Å²) in [7, 11) is 5.21. The smallest absolute Gasteiger partial charge is 0.259 e. The summed E-state index contributed by atoms with van der Waals surface area (Å²) in [4.78, 5) is 17.5. The lowest BCUT2D eigenvalue weighted by atomic mass is 10.0. The number of benzene rings is 1. The Morgan fingerprint density at radius 3 is 2.54 bits per heavy atom. The number of ether oxygens (including phenoxy) is 1. The molecule has 1 atom stereocenters. The molecule has 0 saturated carbocycles. The zero-order valence-corrected chi connectivity index (χ0v) is 20.4. The number of hydrogen-bond donors (Lipinski definition) is 2. The van der Waals surface area contributed by atoms with Crippen LogP contribution in [0.2, 0.25) is 0 Å². The molecule has 0 fully saturated rings. The number of guanidine groups is 1. The molecular weight excluding hydrogens is 467 g/mol. The lowest BCUT2D eigenvalue weighted by molar-refractivity contribution is -0.130. The Bertz CT molecular complexity index is 606. The summed E-state index contributed by atoms with van der Waals surface area (Å²) in [5, 5.41) is 6.77. The van der Waals surface area contributed by atoms with Gasteiger partial charge in [-0.05, 0) is 37.0 Å². The highest BCUT2D eigenvalue weighted by atomic mass is 127. The Kier molecular flexibility index (Phi) is 13.7. The molecule has 6 nitrogen and oxygen atoms in total. The van der Waals surface area contributed by atoms with Crippen LogP contribution in [0.25, 0.3) is 0 Å². The predicted molar refractivity (Wildman–Crippen MR) is 128 cm³/mol. The summed E-state index contributed by atoms with van der Waals surface area (Å²) in [5.41, 5.74) is 1.07. The fraction of sp³-hybridized carbons (Fsp3) is 0.619. The summed E-state index contributed by atoms with van der Waals surface area (Å²) in [6.07, 6.45) is 3.59. The van der Waals surface area contributed by atoms with Gasteiger partial charge >= 0.3 is 0 Å². The van der Waals surface area contributed by atoms with E-state index in [1.807, 2.05) is 24.3 Å². The summed E-state index contributed by atoms with van der Waals surface area (Å²) >= 11 is 0. The van der Waals surface area contributed by atoms with Gasteiger partial charge in [-0.25, -0.2) is 0 Å². The number of hydrogen-bond acceptors (Lipinski definition) is 3. The van der Waals surface area contributed by atoms with Crippen molar-refractivity contribution < 1.29 is 9.53 Å². The van der Waals surface area contributed by atoms with Crippen LogP contribution in [0.5, 0.6) is 5.75 Å². The third-order valence-corrected chi connectivity index (χ3v) is 4.24. The third-order valence-electron chi connectivity index (χ3n) is 4.24. The van der Waals surface area contributed by atoms with E-state index in [1.54, 1.807) is 21.1 Å². The molecule has 1 amide bonds. The molecule has 0 aliphatic rings. The van der Waals surface area contributed by atoms with Crippen molar-refractivity contribution in [3.63, 3.8) is 0 Å². The Morgan fingerprint density at radius 2 is 1.93 bits per heavy atom. The summed E-state index contributed by atoms with van der Waals surface area (Å²) in [6, 6.07) is 8.12. The maximum atomic E-state index is 11.6. The van der Waals surface area contributed by atoms with Gasteiger partial charge in [-0.2, -0.15) is 0 Å². The molecule has 0 bridgehead atoms. The molecule has 1 aromatic rings. The second-order valence-corrected chi connectivity index (χ2v) is 7.52. The number of carbonyl (C=O) groups is 1. The van der Waals surface area contributed by atoms with E-state index in [9.17, 15) is 4.79 Å². The molecule has 0 spiro atoms. The largest absolute Gasteiger partial charge is 0.484 e. The van der Waals surface area contributed by atoms with Crippen LogP contribution in [0, 0.1) is 5.92 Å². The predicted octanol–water partition coefficient (Wildman–Crippen LogP) is 3.65. The van der Waals surface area contributed by atoms with Crippen LogP contribution in [0.15, 0.2) is 29.3 Å². The van der Waals surface area contributed by atoms with Gasteiger partial charge in [0.15, 0.2) is 12.6 Å². The van der Waals surface area contributed by atoms with Crippen molar-refractivity contribution in [2.24, 2.45) is 10.9 Å². The number of aliphatic imine (C=N–C) groups is 1. The van der Waals surface area contributed by atoms with Gasteiger partial charge < -0.3 is 20.3 Å². The van der Waals surface area contributed by atoms with Crippen LogP contribution in [-0.4, -0.2) is 50.6 Å². The number of rotatable bonds is 10. The van der Waals surface area contributed by atoms with E-state index in [-0.39, 0.29) is 36.5 Å². The molecule has 160 valence electrons. The number of carbonyl (C=O) groups excluding carboxylic acids is 1. The van der Waals surface area contributed by atoms with Gasteiger partial charge in [0, 0.05) is 33.7 Å². The topological polar surface area (TPSA) is 66.0 Å². The van der Waals surface area contributed by atoms with E-state index in [4.69, 9.17) is 4.74 Å². The minimum Gasteiger partial charge on any atom is -0.484 e. The van der Waals surface area contributed by atoms with E-state index in [2.05, 4.69) is 36.4 Å². The van der Waals surface area contributed by atoms with Crippen molar-refractivity contribution in [3.05, 3.63) is 29.8 Å². The minimum atomic E-state index is -0.0606. The molecule has 0 radical (unpaired) electrons. The van der Waals surface area contributed by atoms with Crippen LogP contribution < -0.4 is 15.4 Å². The Balaban J connectivity index is 0.00000729. The molecule has 28 heavy (non-hydrogen) atoms. The normalized spacial score (nSPS) is 12.2. The summed E-state index contributed by atoms with van der Waals surface area (Å²) in [5.74, 6) is 2.17. The second-order valence-electron chi connectivity index (χ2n) is 7.52. The van der Waals surface area contributed by atoms with Gasteiger partial charge in [-0.15, -0.1) is 24.0 Å². The third kappa shape index (κ3) is 11.4.